The van der Waals surface area contributed by atoms with Gasteiger partial charge in [-0.05, 0) is 43.3 Å². The van der Waals surface area contributed by atoms with Crippen LogP contribution in [0.1, 0.15) is 17.3 Å². The van der Waals surface area contributed by atoms with Gasteiger partial charge in [-0.3, -0.25) is 13.9 Å². The minimum absolute atomic E-state index is 0.0248. The molecule has 0 bridgehead atoms. The van der Waals surface area contributed by atoms with Crippen molar-refractivity contribution in [1.29, 1.82) is 0 Å². The van der Waals surface area contributed by atoms with Gasteiger partial charge in [0.25, 0.3) is 0 Å². The number of halogens is 1. The number of fused-ring (bicyclic) bond motifs is 1. The molecule has 3 aromatic rings. The summed E-state index contributed by atoms with van der Waals surface area (Å²) in [5, 5.41) is 0. The zero-order valence-corrected chi connectivity index (χ0v) is 17.9. The maximum absolute atomic E-state index is 14.0. The van der Waals surface area contributed by atoms with Gasteiger partial charge in [-0.25, -0.2) is 17.6 Å². The molecule has 0 unspecified atom stereocenters. The molecule has 30 heavy (non-hydrogen) atoms. The number of aromatic nitrogens is 2. The number of imidazole rings is 1. The summed E-state index contributed by atoms with van der Waals surface area (Å²) in [6, 6.07) is 8.08. The number of hydrogen-bond acceptors (Lipinski definition) is 5. The fraction of sp³-hybridized carbons (Fsp3) is 0.300. The van der Waals surface area contributed by atoms with Crippen LogP contribution in [0.3, 0.4) is 0 Å². The molecular formula is C20H22FN3O5S. The molecule has 0 atom stereocenters. The van der Waals surface area contributed by atoms with Gasteiger partial charge in [0.2, 0.25) is 10.0 Å². The molecule has 2 aromatic carbocycles. The van der Waals surface area contributed by atoms with E-state index in [2.05, 4.69) is 0 Å². The van der Waals surface area contributed by atoms with Crippen molar-refractivity contribution in [3.63, 3.8) is 0 Å². The highest BCUT2D eigenvalue weighted by molar-refractivity contribution is 7.89. The van der Waals surface area contributed by atoms with Crippen molar-refractivity contribution in [2.24, 2.45) is 14.1 Å². The summed E-state index contributed by atoms with van der Waals surface area (Å²) < 4.78 is 48.7. The molecule has 10 heteroatoms. The average molecular weight is 435 g/mol. The lowest BCUT2D eigenvalue weighted by Gasteiger charge is -2.17. The van der Waals surface area contributed by atoms with Crippen LogP contribution < -0.4 is 10.4 Å². The molecule has 0 aliphatic heterocycles. The van der Waals surface area contributed by atoms with Gasteiger partial charge in [-0.1, -0.05) is 0 Å². The van der Waals surface area contributed by atoms with Crippen molar-refractivity contribution in [3.8, 4) is 5.75 Å². The van der Waals surface area contributed by atoms with Gasteiger partial charge in [0.05, 0.1) is 29.1 Å². The molecule has 160 valence electrons. The number of likely N-dealkylation sites (N-methyl/N-ethyl adjacent to an activating group) is 1. The third kappa shape index (κ3) is 3.75. The Morgan fingerprint density at radius 2 is 1.77 bits per heavy atom. The molecule has 0 saturated heterocycles. The van der Waals surface area contributed by atoms with Crippen LogP contribution >= 0.6 is 0 Å². The maximum atomic E-state index is 14.0. The van der Waals surface area contributed by atoms with Gasteiger partial charge in [0.1, 0.15) is 0 Å². The third-order valence-electron chi connectivity index (χ3n) is 4.87. The smallest absolute Gasteiger partial charge is 0.328 e. The molecule has 0 spiro atoms. The molecule has 0 N–H and O–H groups in total. The number of aryl methyl sites for hydroxylation is 2. The first-order chi connectivity index (χ1) is 14.1. The Balaban J connectivity index is 1.87. The van der Waals surface area contributed by atoms with E-state index in [1.807, 2.05) is 0 Å². The van der Waals surface area contributed by atoms with Gasteiger partial charge in [-0.2, -0.15) is 4.31 Å². The Hall–Kier alpha value is -2.98. The quantitative estimate of drug-likeness (QED) is 0.529. The van der Waals surface area contributed by atoms with Gasteiger partial charge < -0.3 is 4.74 Å². The van der Waals surface area contributed by atoms with Gasteiger partial charge >= 0.3 is 5.69 Å². The Morgan fingerprint density at radius 3 is 2.40 bits per heavy atom. The second kappa shape index (κ2) is 8.04. The molecule has 0 amide bonds. The first-order valence-electron chi connectivity index (χ1n) is 9.15. The summed E-state index contributed by atoms with van der Waals surface area (Å²) in [6.45, 7) is 1.52. The van der Waals surface area contributed by atoms with Crippen LogP contribution in [0.2, 0.25) is 0 Å². The number of benzene rings is 2. The fourth-order valence-electron chi connectivity index (χ4n) is 3.15. The number of carbonyl (C=O) groups is 1. The van der Waals surface area contributed by atoms with Crippen LogP contribution in [0.25, 0.3) is 11.0 Å². The highest BCUT2D eigenvalue weighted by Crippen LogP contribution is 2.22. The first kappa shape index (κ1) is 21.7. The van der Waals surface area contributed by atoms with Crippen molar-refractivity contribution >= 4 is 26.8 Å². The average Bonchev–Trinajstić information content (AvgIpc) is 2.93. The normalized spacial score (nSPS) is 11.9. The number of ether oxygens (including phenoxy) is 1. The Morgan fingerprint density at radius 1 is 1.10 bits per heavy atom. The summed E-state index contributed by atoms with van der Waals surface area (Å²) in [6.07, 6.45) is 0. The van der Waals surface area contributed by atoms with Crippen LogP contribution in [0.4, 0.5) is 4.39 Å². The number of carbonyl (C=O) groups excluding carboxylic acids is 1. The summed E-state index contributed by atoms with van der Waals surface area (Å²) in [5.74, 6) is -1.23. The van der Waals surface area contributed by atoms with Crippen molar-refractivity contribution in [1.82, 2.24) is 13.4 Å². The molecule has 1 aromatic heterocycles. The molecule has 0 aliphatic carbocycles. The van der Waals surface area contributed by atoms with E-state index in [0.29, 0.717) is 11.0 Å². The van der Waals surface area contributed by atoms with E-state index in [1.165, 1.54) is 40.4 Å². The lowest BCUT2D eigenvalue weighted by atomic mass is 10.1. The molecule has 0 radical (unpaired) electrons. The van der Waals surface area contributed by atoms with Crippen molar-refractivity contribution in [2.45, 2.75) is 11.8 Å². The Bertz CT molecular complexity index is 1290. The second-order valence-corrected chi connectivity index (χ2v) is 8.86. The predicted molar refractivity (Wildman–Crippen MR) is 110 cm³/mol. The topological polar surface area (TPSA) is 90.6 Å². The lowest BCUT2D eigenvalue weighted by molar-refractivity contribution is 0.0972. The highest BCUT2D eigenvalue weighted by Gasteiger charge is 2.25. The van der Waals surface area contributed by atoms with Crippen LogP contribution in [-0.4, -0.2) is 47.8 Å². The zero-order chi connectivity index (χ0) is 22.2. The SMILES string of the molecule is CCOc1ccc(C(=O)CN(C)S(=O)(=O)c2ccc3c(c2)n(C)c(=O)n3C)cc1F. The summed E-state index contributed by atoms with van der Waals surface area (Å²) in [5.41, 5.74) is 0.807. The molecule has 3 rings (SSSR count). The van der Waals surface area contributed by atoms with Crippen LogP contribution in [0.5, 0.6) is 5.75 Å². The van der Waals surface area contributed by atoms with Crippen LogP contribution in [0, 0.1) is 5.82 Å². The molecule has 0 fully saturated rings. The van der Waals surface area contributed by atoms with Crippen molar-refractivity contribution in [3.05, 3.63) is 58.3 Å². The van der Waals surface area contributed by atoms with Crippen molar-refractivity contribution in [2.75, 3.05) is 20.2 Å². The number of Topliss-reactive ketones (excluding diaryl/α,β-unsaturated/α-hetero) is 1. The lowest BCUT2D eigenvalue weighted by Crippen LogP contribution is -2.32. The monoisotopic (exact) mass is 435 g/mol. The van der Waals surface area contributed by atoms with E-state index in [9.17, 15) is 22.4 Å². The standard InChI is InChI=1S/C20H22FN3O5S/c1-5-29-19-9-6-13(10-15(19)21)18(25)12-22(2)30(27,28)14-7-8-16-17(11-14)24(4)20(26)23(16)3/h6-11H,5,12H2,1-4H3. The molecule has 0 aliphatic rings. The number of hydrogen-bond donors (Lipinski definition) is 0. The fourth-order valence-corrected chi connectivity index (χ4v) is 4.30. The minimum atomic E-state index is -4.01. The van der Waals surface area contributed by atoms with Crippen molar-refractivity contribution < 1.29 is 22.3 Å². The zero-order valence-electron chi connectivity index (χ0n) is 17.0. The predicted octanol–water partition coefficient (Wildman–Crippen LogP) is 1.92. The first-order valence-corrected chi connectivity index (χ1v) is 10.6. The Kier molecular flexibility index (Phi) is 5.82. The number of sulfonamides is 1. The molecule has 8 nitrogen and oxygen atoms in total. The van der Waals surface area contributed by atoms with E-state index in [-0.39, 0.29) is 28.5 Å². The number of nitrogens with zero attached hydrogens (tertiary/aromatic N) is 3. The summed E-state index contributed by atoms with van der Waals surface area (Å²) in [4.78, 5) is 24.5. The van der Waals surface area contributed by atoms with Gasteiger partial charge in [0, 0.05) is 26.7 Å². The van der Waals surface area contributed by atoms with E-state index in [4.69, 9.17) is 4.74 Å². The van der Waals surface area contributed by atoms with E-state index >= 15 is 0 Å². The highest BCUT2D eigenvalue weighted by atomic mass is 32.2. The molecular weight excluding hydrogens is 413 g/mol. The van der Waals surface area contributed by atoms with Crippen LogP contribution in [0.15, 0.2) is 46.1 Å². The number of ketones is 1. The van der Waals surface area contributed by atoms with E-state index in [1.54, 1.807) is 27.1 Å². The number of rotatable bonds is 7. The Labute approximate surface area is 173 Å². The molecule has 0 saturated carbocycles. The summed E-state index contributed by atoms with van der Waals surface area (Å²) >= 11 is 0. The second-order valence-electron chi connectivity index (χ2n) is 6.81. The molecule has 1 heterocycles. The van der Waals surface area contributed by atoms with Gasteiger partial charge in [-0.15, -0.1) is 0 Å². The van der Waals surface area contributed by atoms with E-state index < -0.39 is 28.2 Å². The maximum Gasteiger partial charge on any atom is 0.328 e. The van der Waals surface area contributed by atoms with Crippen LogP contribution in [-0.2, 0) is 24.1 Å². The largest absolute Gasteiger partial charge is 0.491 e. The minimum Gasteiger partial charge on any atom is -0.491 e. The third-order valence-corrected chi connectivity index (χ3v) is 6.67. The summed E-state index contributed by atoms with van der Waals surface area (Å²) in [7, 11) is 0.406. The van der Waals surface area contributed by atoms with Gasteiger partial charge in [0.15, 0.2) is 17.3 Å². The van der Waals surface area contributed by atoms with E-state index in [0.717, 1.165) is 10.4 Å².